The van der Waals surface area contributed by atoms with Crippen LogP contribution in [0.1, 0.15) is 26.2 Å². The van der Waals surface area contributed by atoms with Gasteiger partial charge in [-0.15, -0.1) is 0 Å². The zero-order valence-electron chi connectivity index (χ0n) is 14.6. The third kappa shape index (κ3) is 3.03. The molecule has 0 N–H and O–H groups in total. The van der Waals surface area contributed by atoms with E-state index in [0.29, 0.717) is 0 Å². The summed E-state index contributed by atoms with van der Waals surface area (Å²) in [5, 5.41) is -1.28. The van der Waals surface area contributed by atoms with Crippen LogP contribution in [0.25, 0.3) is 0 Å². The average molecular weight is 404 g/mol. The second-order valence-electron chi connectivity index (χ2n) is 6.86. The van der Waals surface area contributed by atoms with E-state index in [1.165, 1.54) is 6.92 Å². The summed E-state index contributed by atoms with van der Waals surface area (Å²) in [6.07, 6.45) is -1.68. The Balaban J connectivity index is 1.98. The van der Waals surface area contributed by atoms with Crippen molar-refractivity contribution in [2.45, 2.75) is 54.8 Å². The fourth-order valence-corrected chi connectivity index (χ4v) is 6.32. The molecule has 3 heterocycles. The molecule has 3 aliphatic heterocycles. The number of carbonyl (C=O) groups is 3. The van der Waals surface area contributed by atoms with Crippen molar-refractivity contribution in [3.05, 3.63) is 12.2 Å². The van der Waals surface area contributed by atoms with Gasteiger partial charge in [-0.1, -0.05) is 6.58 Å². The van der Waals surface area contributed by atoms with Gasteiger partial charge in [0.1, 0.15) is 17.3 Å². The van der Waals surface area contributed by atoms with E-state index in [1.54, 1.807) is 0 Å². The summed E-state index contributed by atoms with van der Waals surface area (Å²) >= 11 is 0. The van der Waals surface area contributed by atoms with Gasteiger partial charge >= 0.3 is 5.97 Å². The predicted octanol–water partition coefficient (Wildman–Crippen LogP) is -0.391. The Labute approximate surface area is 155 Å². The number of rotatable bonds is 10. The van der Waals surface area contributed by atoms with E-state index < -0.39 is 44.7 Å². The van der Waals surface area contributed by atoms with Crippen LogP contribution in [0.2, 0.25) is 0 Å². The molecule has 0 aromatic heterocycles. The lowest BCUT2D eigenvalue weighted by Crippen LogP contribution is -2.54. The minimum absolute atomic E-state index is 0.0506. The Morgan fingerprint density at radius 2 is 1.85 bits per heavy atom. The van der Waals surface area contributed by atoms with Crippen LogP contribution in [-0.2, 0) is 47.6 Å². The summed E-state index contributed by atoms with van der Waals surface area (Å²) in [5.74, 6) is -0.759. The maximum absolute atomic E-state index is 12.6. The van der Waals surface area contributed by atoms with Crippen LogP contribution in [0, 0.1) is 0 Å². The third-order valence-electron chi connectivity index (χ3n) is 5.28. The molecule has 0 spiro atoms. The van der Waals surface area contributed by atoms with E-state index in [9.17, 15) is 22.8 Å². The molecule has 0 aliphatic carbocycles. The minimum atomic E-state index is -4.10. The Kier molecular flexibility index (Phi) is 5.04. The Hall–Kier alpha value is -1.98. The third-order valence-corrected chi connectivity index (χ3v) is 7.05. The van der Waals surface area contributed by atoms with E-state index >= 15 is 0 Å². The van der Waals surface area contributed by atoms with Crippen molar-refractivity contribution in [1.82, 2.24) is 0 Å². The summed E-state index contributed by atoms with van der Waals surface area (Å²) in [5.41, 5.74) is -2.42. The molecule has 10 nitrogen and oxygen atoms in total. The smallest absolute Gasteiger partial charge is 0.333 e. The molecule has 0 radical (unpaired) electrons. The van der Waals surface area contributed by atoms with Crippen molar-refractivity contribution in [1.29, 1.82) is 0 Å². The van der Waals surface area contributed by atoms with Gasteiger partial charge in [0.25, 0.3) is 23.1 Å². The summed E-state index contributed by atoms with van der Waals surface area (Å²) < 4.78 is 51.6. The van der Waals surface area contributed by atoms with Crippen molar-refractivity contribution in [3.63, 3.8) is 0 Å². The Morgan fingerprint density at radius 3 is 2.44 bits per heavy atom. The standard InChI is InChI=1S/C16H20O10S/c1-10(2)14(19)24-12-13-16(4-6-23-9-18)11(25-27(13,20)21)7-15(12,26-16)3-5-22-8-17/h8-9,11-13H,1,3-7H2,2H3. The SMILES string of the molecule is C=C(C)C(=O)OC1C2C3(CCOC=O)OC1(CCOC=O)CC3OS2(=O)=O. The molecule has 3 aliphatic rings. The van der Waals surface area contributed by atoms with E-state index in [2.05, 4.69) is 6.58 Å². The lowest BCUT2D eigenvalue weighted by Gasteiger charge is -2.33. The summed E-state index contributed by atoms with van der Waals surface area (Å²) in [6, 6.07) is 0. The molecule has 0 saturated carbocycles. The van der Waals surface area contributed by atoms with Crippen LogP contribution >= 0.6 is 0 Å². The second kappa shape index (κ2) is 6.88. The maximum atomic E-state index is 12.6. The van der Waals surface area contributed by atoms with Crippen molar-refractivity contribution in [2.75, 3.05) is 13.2 Å². The van der Waals surface area contributed by atoms with E-state index in [0.717, 1.165) is 0 Å². The minimum Gasteiger partial charge on any atom is -0.468 e. The number of hydrogen-bond donors (Lipinski definition) is 0. The highest BCUT2D eigenvalue weighted by Gasteiger charge is 2.81. The van der Waals surface area contributed by atoms with Gasteiger partial charge in [0, 0.05) is 24.8 Å². The number of ether oxygens (including phenoxy) is 4. The number of hydrogen-bond acceptors (Lipinski definition) is 10. The van der Waals surface area contributed by atoms with Crippen LogP contribution in [-0.4, -0.2) is 69.2 Å². The Bertz CT molecular complexity index is 761. The molecule has 5 atom stereocenters. The topological polar surface area (TPSA) is 132 Å². The number of esters is 1. The first-order chi connectivity index (χ1) is 12.7. The van der Waals surface area contributed by atoms with Gasteiger partial charge in [0.15, 0.2) is 11.4 Å². The monoisotopic (exact) mass is 404 g/mol. The highest BCUT2D eigenvalue weighted by Crippen LogP contribution is 2.62. The van der Waals surface area contributed by atoms with E-state index in [1.807, 2.05) is 0 Å². The highest BCUT2D eigenvalue weighted by molar-refractivity contribution is 7.87. The first kappa shape index (κ1) is 19.8. The van der Waals surface area contributed by atoms with Crippen molar-refractivity contribution >= 4 is 29.0 Å². The largest absolute Gasteiger partial charge is 0.468 e. The van der Waals surface area contributed by atoms with E-state index in [4.69, 9.17) is 23.1 Å². The van der Waals surface area contributed by atoms with Gasteiger partial charge in [-0.05, 0) is 6.92 Å². The van der Waals surface area contributed by atoms with Crippen LogP contribution in [0.5, 0.6) is 0 Å². The van der Waals surface area contributed by atoms with Gasteiger partial charge in [-0.3, -0.25) is 13.8 Å². The van der Waals surface area contributed by atoms with Gasteiger partial charge < -0.3 is 18.9 Å². The second-order valence-corrected chi connectivity index (χ2v) is 8.55. The van der Waals surface area contributed by atoms with Crippen molar-refractivity contribution in [3.8, 4) is 0 Å². The molecule has 0 aromatic carbocycles. The zero-order valence-corrected chi connectivity index (χ0v) is 15.4. The molecule has 0 aromatic rings. The zero-order chi connectivity index (χ0) is 19.9. The molecule has 0 amide bonds. The van der Waals surface area contributed by atoms with Gasteiger partial charge in [0.05, 0.1) is 13.2 Å². The fraction of sp³-hybridized carbons (Fsp3) is 0.688. The fourth-order valence-electron chi connectivity index (χ4n) is 4.23. The number of carbonyl (C=O) groups excluding carboxylic acids is 3. The molecule has 3 saturated heterocycles. The lowest BCUT2D eigenvalue weighted by molar-refractivity contribution is -0.157. The molecular formula is C16H20O10S. The van der Waals surface area contributed by atoms with Gasteiger partial charge in [-0.25, -0.2) is 4.79 Å². The van der Waals surface area contributed by atoms with Crippen molar-refractivity contribution < 1.29 is 45.9 Å². The normalized spacial score (nSPS) is 37.6. The molecule has 11 heteroatoms. The van der Waals surface area contributed by atoms with Gasteiger partial charge in [0.2, 0.25) is 0 Å². The quantitative estimate of drug-likeness (QED) is 0.118. The van der Waals surface area contributed by atoms with E-state index in [-0.39, 0.29) is 51.0 Å². The van der Waals surface area contributed by atoms with Gasteiger partial charge in [-0.2, -0.15) is 8.42 Å². The van der Waals surface area contributed by atoms with Crippen LogP contribution in [0.15, 0.2) is 12.2 Å². The van der Waals surface area contributed by atoms with Crippen molar-refractivity contribution in [2.24, 2.45) is 0 Å². The average Bonchev–Trinajstić information content (AvgIpc) is 3.07. The van der Waals surface area contributed by atoms with Crippen LogP contribution in [0.3, 0.4) is 0 Å². The molecule has 3 fully saturated rings. The van der Waals surface area contributed by atoms with Crippen LogP contribution in [0.4, 0.5) is 0 Å². The molecular weight excluding hydrogens is 384 g/mol. The Morgan fingerprint density at radius 1 is 1.22 bits per heavy atom. The summed E-state index contributed by atoms with van der Waals surface area (Å²) in [6.45, 7) is 5.33. The maximum Gasteiger partial charge on any atom is 0.333 e. The molecule has 150 valence electrons. The first-order valence-corrected chi connectivity index (χ1v) is 9.79. The molecule has 27 heavy (non-hydrogen) atoms. The summed E-state index contributed by atoms with van der Waals surface area (Å²) in [7, 11) is -4.10. The number of fused-ring (bicyclic) bond motifs is 1. The molecule has 3 rings (SSSR count). The molecule has 5 unspecified atom stereocenters. The first-order valence-electron chi connectivity index (χ1n) is 8.32. The lowest BCUT2D eigenvalue weighted by atomic mass is 9.75. The highest BCUT2D eigenvalue weighted by atomic mass is 32.2. The molecule has 2 bridgehead atoms. The summed E-state index contributed by atoms with van der Waals surface area (Å²) in [4.78, 5) is 33.1. The van der Waals surface area contributed by atoms with Crippen LogP contribution < -0.4 is 0 Å². The predicted molar refractivity (Wildman–Crippen MR) is 86.7 cm³/mol.